The van der Waals surface area contributed by atoms with Gasteiger partial charge in [-0.1, -0.05) is 23.7 Å². The van der Waals surface area contributed by atoms with Gasteiger partial charge >= 0.3 is 0 Å². The van der Waals surface area contributed by atoms with Crippen molar-refractivity contribution >= 4 is 23.6 Å². The molecule has 0 saturated carbocycles. The van der Waals surface area contributed by atoms with Crippen molar-refractivity contribution in [3.8, 4) is 11.9 Å². The minimum absolute atomic E-state index is 0.0827. The van der Waals surface area contributed by atoms with Crippen molar-refractivity contribution in [3.63, 3.8) is 0 Å². The molecule has 0 aliphatic carbocycles. The van der Waals surface area contributed by atoms with Gasteiger partial charge in [-0.2, -0.15) is 5.26 Å². The largest absolute Gasteiger partial charge is 0.470 e. The lowest BCUT2D eigenvalue weighted by Gasteiger charge is -2.15. The number of carbonyl (C=O) groups is 1. The zero-order valence-electron chi connectivity index (χ0n) is 13.3. The highest BCUT2D eigenvalue weighted by molar-refractivity contribution is 6.30. The molecule has 3 rings (SSSR count). The number of benzene rings is 1. The minimum Gasteiger partial charge on any atom is -0.470 e. The van der Waals surface area contributed by atoms with Gasteiger partial charge in [0.25, 0.3) is 5.88 Å². The molecule has 1 saturated heterocycles. The maximum atomic E-state index is 12.3. The molecular weight excluding hydrogens is 340 g/mol. The third kappa shape index (κ3) is 4.34. The fourth-order valence-corrected chi connectivity index (χ4v) is 2.64. The average molecular weight is 355 g/mol. The highest BCUT2D eigenvalue weighted by Crippen LogP contribution is 2.19. The molecule has 2 heterocycles. The smallest absolute Gasteiger partial charge is 0.251 e. The number of nitrogens with zero attached hydrogens (tertiary/aromatic N) is 4. The van der Waals surface area contributed by atoms with Crippen LogP contribution in [0.3, 0.4) is 0 Å². The maximum absolute atomic E-state index is 12.3. The van der Waals surface area contributed by atoms with Gasteiger partial charge in [0.15, 0.2) is 0 Å². The Bertz CT molecular complexity index is 830. The third-order valence-electron chi connectivity index (χ3n) is 3.79. The molecule has 0 bridgehead atoms. The molecule has 7 heteroatoms. The first-order valence-electron chi connectivity index (χ1n) is 7.76. The van der Waals surface area contributed by atoms with Crippen molar-refractivity contribution in [2.24, 2.45) is 0 Å². The summed E-state index contributed by atoms with van der Waals surface area (Å²) in [6.45, 7) is 1.04. The van der Waals surface area contributed by atoms with E-state index in [2.05, 4.69) is 9.97 Å². The first-order valence-corrected chi connectivity index (χ1v) is 8.14. The molecule has 1 aliphatic rings. The molecule has 0 unspecified atom stereocenters. The second-order valence-electron chi connectivity index (χ2n) is 5.52. The molecule has 1 aromatic carbocycles. The van der Waals surface area contributed by atoms with Crippen LogP contribution in [-0.2, 0) is 4.79 Å². The summed E-state index contributed by atoms with van der Waals surface area (Å²) >= 11 is 5.84. The predicted molar refractivity (Wildman–Crippen MR) is 92.8 cm³/mol. The van der Waals surface area contributed by atoms with Crippen LogP contribution in [0.1, 0.15) is 17.7 Å². The molecule has 6 nitrogen and oxygen atoms in total. The van der Waals surface area contributed by atoms with Crippen molar-refractivity contribution < 1.29 is 9.53 Å². The Balaban J connectivity index is 1.58. The van der Waals surface area contributed by atoms with Gasteiger partial charge in [-0.25, -0.2) is 9.97 Å². The number of carbonyl (C=O) groups excluding carboxylic acids is 1. The number of likely N-dealkylation sites (tertiary alicyclic amines) is 1. The molecule has 1 aromatic heterocycles. The molecular formula is C18H15ClN4O2. The monoisotopic (exact) mass is 354 g/mol. The van der Waals surface area contributed by atoms with Gasteiger partial charge in [0, 0.05) is 36.5 Å². The predicted octanol–water partition coefficient (Wildman–Crippen LogP) is 2.69. The van der Waals surface area contributed by atoms with Crippen molar-refractivity contribution in [1.82, 2.24) is 14.9 Å². The van der Waals surface area contributed by atoms with E-state index in [1.54, 1.807) is 23.1 Å². The number of hydrogen-bond donors (Lipinski definition) is 0. The molecule has 1 atom stereocenters. The summed E-state index contributed by atoms with van der Waals surface area (Å²) in [6.07, 6.45) is 6.69. The van der Waals surface area contributed by atoms with E-state index in [0.29, 0.717) is 24.5 Å². The van der Waals surface area contributed by atoms with E-state index in [0.717, 1.165) is 5.56 Å². The first kappa shape index (κ1) is 16.9. The Kier molecular flexibility index (Phi) is 5.26. The Hall–Kier alpha value is -2.91. The minimum atomic E-state index is -0.198. The van der Waals surface area contributed by atoms with Gasteiger partial charge in [0.2, 0.25) is 11.6 Å². The number of ether oxygens (including phenoxy) is 1. The van der Waals surface area contributed by atoms with Crippen LogP contribution < -0.4 is 4.74 Å². The van der Waals surface area contributed by atoms with Crippen LogP contribution in [0, 0.1) is 11.3 Å². The van der Waals surface area contributed by atoms with Gasteiger partial charge in [-0.3, -0.25) is 4.79 Å². The summed E-state index contributed by atoms with van der Waals surface area (Å²) < 4.78 is 5.72. The molecule has 0 radical (unpaired) electrons. The number of halogens is 1. The van der Waals surface area contributed by atoms with E-state index in [1.165, 1.54) is 18.5 Å². The molecule has 0 spiro atoms. The summed E-state index contributed by atoms with van der Waals surface area (Å²) in [5, 5.41) is 9.67. The van der Waals surface area contributed by atoms with E-state index >= 15 is 0 Å². The topological polar surface area (TPSA) is 79.1 Å². The van der Waals surface area contributed by atoms with Gasteiger partial charge < -0.3 is 9.64 Å². The first-order chi connectivity index (χ1) is 12.2. The Morgan fingerprint density at radius 3 is 2.84 bits per heavy atom. The zero-order valence-corrected chi connectivity index (χ0v) is 14.1. The third-order valence-corrected chi connectivity index (χ3v) is 4.05. The lowest BCUT2D eigenvalue weighted by molar-refractivity contribution is -0.125. The molecule has 25 heavy (non-hydrogen) atoms. The van der Waals surface area contributed by atoms with Crippen LogP contribution in [0.15, 0.2) is 42.7 Å². The quantitative estimate of drug-likeness (QED) is 0.789. The Morgan fingerprint density at radius 2 is 2.08 bits per heavy atom. The number of nitriles is 1. The van der Waals surface area contributed by atoms with E-state index in [9.17, 15) is 4.79 Å². The van der Waals surface area contributed by atoms with Crippen molar-refractivity contribution in [3.05, 3.63) is 59.0 Å². The number of hydrogen-bond acceptors (Lipinski definition) is 5. The van der Waals surface area contributed by atoms with Gasteiger partial charge in [-0.15, -0.1) is 0 Å². The molecule has 1 amide bonds. The highest BCUT2D eigenvalue weighted by Gasteiger charge is 2.27. The van der Waals surface area contributed by atoms with Crippen LogP contribution in [0.25, 0.3) is 6.08 Å². The van der Waals surface area contributed by atoms with E-state index in [-0.39, 0.29) is 23.6 Å². The van der Waals surface area contributed by atoms with Gasteiger partial charge in [0.05, 0.1) is 6.54 Å². The lowest BCUT2D eigenvalue weighted by Crippen LogP contribution is -2.29. The molecule has 126 valence electrons. The summed E-state index contributed by atoms with van der Waals surface area (Å²) in [4.78, 5) is 21.9. The van der Waals surface area contributed by atoms with E-state index in [4.69, 9.17) is 21.6 Å². The SMILES string of the molecule is N#Cc1nccnc1O[C@@H]1CCN(C(=O)/C=C/c2ccc(Cl)cc2)C1. The second kappa shape index (κ2) is 7.77. The standard InChI is InChI=1S/C18H15ClN4O2/c19-14-4-1-13(2-5-14)3-6-17(24)23-10-7-15(12-23)25-18-16(11-20)21-8-9-22-18/h1-6,8-9,15H,7,10,12H2/b6-3+/t15-/m1/s1. The maximum Gasteiger partial charge on any atom is 0.251 e. The summed E-state index contributed by atoms with van der Waals surface area (Å²) in [5.41, 5.74) is 1.05. The Morgan fingerprint density at radius 1 is 1.32 bits per heavy atom. The molecule has 1 aliphatic heterocycles. The van der Waals surface area contributed by atoms with Crippen LogP contribution in [0.4, 0.5) is 0 Å². The lowest BCUT2D eigenvalue weighted by atomic mass is 10.2. The number of rotatable bonds is 4. The van der Waals surface area contributed by atoms with Gasteiger partial charge in [0.1, 0.15) is 12.2 Å². The van der Waals surface area contributed by atoms with Crippen molar-refractivity contribution in [2.75, 3.05) is 13.1 Å². The van der Waals surface area contributed by atoms with Crippen molar-refractivity contribution in [1.29, 1.82) is 5.26 Å². The fraction of sp³-hybridized carbons (Fsp3) is 0.222. The van der Waals surface area contributed by atoms with E-state index in [1.807, 2.05) is 18.2 Å². The fourth-order valence-electron chi connectivity index (χ4n) is 2.52. The van der Waals surface area contributed by atoms with E-state index < -0.39 is 0 Å². The number of amides is 1. The van der Waals surface area contributed by atoms with Crippen LogP contribution in [0.5, 0.6) is 5.88 Å². The number of aromatic nitrogens is 2. The average Bonchev–Trinajstić information content (AvgIpc) is 3.10. The van der Waals surface area contributed by atoms with Crippen LogP contribution >= 0.6 is 11.6 Å². The summed E-state index contributed by atoms with van der Waals surface area (Å²) in [5.74, 6) is 0.127. The highest BCUT2D eigenvalue weighted by atomic mass is 35.5. The summed E-state index contributed by atoms with van der Waals surface area (Å²) in [6, 6.07) is 9.19. The normalized spacial score (nSPS) is 16.8. The summed E-state index contributed by atoms with van der Waals surface area (Å²) in [7, 11) is 0. The Labute approximate surface area is 150 Å². The molecule has 1 fully saturated rings. The van der Waals surface area contributed by atoms with Gasteiger partial charge in [-0.05, 0) is 23.8 Å². The second-order valence-corrected chi connectivity index (χ2v) is 5.96. The van der Waals surface area contributed by atoms with Crippen LogP contribution in [-0.4, -0.2) is 40.0 Å². The van der Waals surface area contributed by atoms with Crippen molar-refractivity contribution in [2.45, 2.75) is 12.5 Å². The molecule has 2 aromatic rings. The van der Waals surface area contributed by atoms with Crippen LogP contribution in [0.2, 0.25) is 5.02 Å². The molecule has 0 N–H and O–H groups in total. The zero-order chi connectivity index (χ0) is 17.6.